The number of anilines is 1. The second-order valence-electron chi connectivity index (χ2n) is 4.62. The fourth-order valence-corrected chi connectivity index (χ4v) is 2.14. The molecule has 0 fully saturated rings. The number of hydrogen-bond acceptors (Lipinski definition) is 1. The number of alkyl halides is 3. The Morgan fingerprint density at radius 3 is 2.42 bits per heavy atom. The monoisotopic (exact) mass is 293 g/mol. The fraction of sp³-hybridized carbons (Fsp3) is 0.571. The summed E-state index contributed by atoms with van der Waals surface area (Å²) >= 11 is 5.75. The van der Waals surface area contributed by atoms with Gasteiger partial charge in [0.2, 0.25) is 0 Å². The number of rotatable bonds is 6. The first-order valence-corrected chi connectivity index (χ1v) is 6.89. The van der Waals surface area contributed by atoms with Crippen LogP contribution in [0.25, 0.3) is 0 Å². The summed E-state index contributed by atoms with van der Waals surface area (Å²) in [6.45, 7) is 4.11. The second kappa shape index (κ2) is 7.04. The van der Waals surface area contributed by atoms with Crippen LogP contribution in [0.4, 0.5) is 18.9 Å². The van der Waals surface area contributed by atoms with Gasteiger partial charge in [0, 0.05) is 16.8 Å². The van der Waals surface area contributed by atoms with Crippen molar-refractivity contribution in [3.63, 3.8) is 0 Å². The second-order valence-corrected chi connectivity index (χ2v) is 5.05. The lowest BCUT2D eigenvalue weighted by Gasteiger charge is -2.19. The summed E-state index contributed by atoms with van der Waals surface area (Å²) in [5, 5.41) is 3.23. The van der Waals surface area contributed by atoms with E-state index < -0.39 is 11.7 Å². The molecule has 0 amide bonds. The minimum atomic E-state index is -4.37. The Morgan fingerprint density at radius 1 is 1.21 bits per heavy atom. The quantitative estimate of drug-likeness (QED) is 0.705. The zero-order chi connectivity index (χ0) is 14.5. The Hall–Kier alpha value is -0.900. The molecule has 19 heavy (non-hydrogen) atoms. The first-order chi connectivity index (χ1) is 8.86. The van der Waals surface area contributed by atoms with Crippen LogP contribution in [0.5, 0.6) is 0 Å². The summed E-state index contributed by atoms with van der Waals surface area (Å²) in [6, 6.07) is 3.77. The molecule has 5 heteroatoms. The molecule has 1 aromatic carbocycles. The van der Waals surface area contributed by atoms with Crippen molar-refractivity contribution < 1.29 is 13.2 Å². The zero-order valence-corrected chi connectivity index (χ0v) is 11.9. The van der Waals surface area contributed by atoms with Crippen molar-refractivity contribution in [1.29, 1.82) is 0 Å². The molecule has 0 bridgehead atoms. The van der Waals surface area contributed by atoms with Crippen LogP contribution < -0.4 is 5.32 Å². The molecule has 0 heterocycles. The van der Waals surface area contributed by atoms with Gasteiger partial charge in [0.05, 0.1) is 5.56 Å². The lowest BCUT2D eigenvalue weighted by atomic mass is 10.1. The van der Waals surface area contributed by atoms with Crippen molar-refractivity contribution in [1.82, 2.24) is 0 Å². The van der Waals surface area contributed by atoms with Crippen LogP contribution in [0.3, 0.4) is 0 Å². The predicted molar refractivity (Wildman–Crippen MR) is 73.7 cm³/mol. The van der Waals surface area contributed by atoms with Gasteiger partial charge in [0.1, 0.15) is 0 Å². The van der Waals surface area contributed by atoms with Crippen molar-refractivity contribution in [2.24, 2.45) is 0 Å². The van der Waals surface area contributed by atoms with Gasteiger partial charge in [-0.1, -0.05) is 38.3 Å². The molecule has 1 unspecified atom stereocenters. The molecule has 0 aliphatic carbocycles. The predicted octanol–water partition coefficient (Wildman–Crippen LogP) is 5.74. The highest BCUT2D eigenvalue weighted by atomic mass is 35.5. The van der Waals surface area contributed by atoms with E-state index >= 15 is 0 Å². The largest absolute Gasteiger partial charge is 0.416 e. The maximum Gasteiger partial charge on any atom is 0.416 e. The lowest BCUT2D eigenvalue weighted by Crippen LogP contribution is -2.18. The topological polar surface area (TPSA) is 12.0 Å². The van der Waals surface area contributed by atoms with Gasteiger partial charge >= 0.3 is 6.18 Å². The van der Waals surface area contributed by atoms with Crippen LogP contribution in [0.1, 0.15) is 45.1 Å². The summed E-state index contributed by atoms with van der Waals surface area (Å²) < 4.78 is 38.1. The Morgan fingerprint density at radius 2 is 1.89 bits per heavy atom. The maximum absolute atomic E-state index is 12.7. The third-order valence-electron chi connectivity index (χ3n) is 2.99. The van der Waals surface area contributed by atoms with Crippen LogP contribution in [0.15, 0.2) is 18.2 Å². The maximum atomic E-state index is 12.7. The van der Waals surface area contributed by atoms with Crippen molar-refractivity contribution in [2.45, 2.75) is 51.7 Å². The van der Waals surface area contributed by atoms with Crippen molar-refractivity contribution in [2.75, 3.05) is 5.32 Å². The van der Waals surface area contributed by atoms with E-state index in [9.17, 15) is 13.2 Å². The van der Waals surface area contributed by atoms with Crippen LogP contribution in [-0.2, 0) is 6.18 Å². The first-order valence-electron chi connectivity index (χ1n) is 6.51. The molecule has 1 N–H and O–H groups in total. The molecule has 0 spiro atoms. The normalized spacial score (nSPS) is 13.4. The fourth-order valence-electron chi connectivity index (χ4n) is 1.90. The molecule has 1 aromatic rings. The smallest absolute Gasteiger partial charge is 0.382 e. The van der Waals surface area contributed by atoms with E-state index in [2.05, 4.69) is 12.2 Å². The molecule has 1 atom stereocenters. The van der Waals surface area contributed by atoms with E-state index in [1.54, 1.807) is 0 Å². The van der Waals surface area contributed by atoms with E-state index in [0.717, 1.165) is 37.8 Å². The van der Waals surface area contributed by atoms with Gasteiger partial charge in [0.15, 0.2) is 0 Å². The lowest BCUT2D eigenvalue weighted by molar-refractivity contribution is -0.137. The Bertz CT molecular complexity index is 404. The molecule has 0 aliphatic rings. The van der Waals surface area contributed by atoms with E-state index in [1.807, 2.05) is 6.92 Å². The average Bonchev–Trinajstić information content (AvgIpc) is 2.32. The van der Waals surface area contributed by atoms with Crippen molar-refractivity contribution in [3.8, 4) is 0 Å². The molecule has 0 aromatic heterocycles. The highest BCUT2D eigenvalue weighted by Crippen LogP contribution is 2.33. The number of unbranched alkanes of at least 4 members (excludes halogenated alkanes) is 1. The molecule has 0 saturated carbocycles. The summed E-state index contributed by atoms with van der Waals surface area (Å²) in [5.41, 5.74) is -0.282. The van der Waals surface area contributed by atoms with Gasteiger partial charge in [-0.05, 0) is 31.0 Å². The Kier molecular flexibility index (Phi) is 5.98. The standard InChI is InChI=1S/C14H19ClF3N/c1-3-5-6-12(4-2)19-13-8-10(14(16,17)18)7-11(15)9-13/h7-9,12,19H,3-6H2,1-2H3. The molecular weight excluding hydrogens is 275 g/mol. The Labute approximate surface area is 117 Å². The minimum absolute atomic E-state index is 0.0997. The zero-order valence-electron chi connectivity index (χ0n) is 11.1. The van der Waals surface area contributed by atoms with Crippen molar-refractivity contribution in [3.05, 3.63) is 28.8 Å². The highest BCUT2D eigenvalue weighted by molar-refractivity contribution is 6.30. The highest BCUT2D eigenvalue weighted by Gasteiger charge is 2.31. The van der Waals surface area contributed by atoms with E-state index in [4.69, 9.17) is 11.6 Å². The first kappa shape index (κ1) is 16.2. The average molecular weight is 294 g/mol. The van der Waals surface area contributed by atoms with Gasteiger partial charge in [-0.15, -0.1) is 0 Å². The van der Waals surface area contributed by atoms with Crippen LogP contribution in [0, 0.1) is 0 Å². The number of benzene rings is 1. The van der Waals surface area contributed by atoms with Gasteiger partial charge in [-0.25, -0.2) is 0 Å². The molecule has 0 radical (unpaired) electrons. The van der Waals surface area contributed by atoms with Crippen LogP contribution >= 0.6 is 11.6 Å². The SMILES string of the molecule is CCCCC(CC)Nc1cc(Cl)cc(C(F)(F)F)c1. The van der Waals surface area contributed by atoms with Gasteiger partial charge in [0.25, 0.3) is 0 Å². The molecule has 1 nitrogen and oxygen atoms in total. The van der Waals surface area contributed by atoms with Crippen molar-refractivity contribution >= 4 is 17.3 Å². The number of hydrogen-bond donors (Lipinski definition) is 1. The molecule has 1 rings (SSSR count). The Balaban J connectivity index is 2.85. The number of nitrogens with one attached hydrogen (secondary N) is 1. The third-order valence-corrected chi connectivity index (χ3v) is 3.21. The molecule has 0 aliphatic heterocycles. The third kappa shape index (κ3) is 5.31. The van der Waals surface area contributed by atoms with E-state index in [0.29, 0.717) is 5.69 Å². The molecule has 108 valence electrons. The summed E-state index contributed by atoms with van der Waals surface area (Å²) in [4.78, 5) is 0. The van der Waals surface area contributed by atoms with E-state index in [-0.39, 0.29) is 11.1 Å². The molecule has 0 saturated heterocycles. The van der Waals surface area contributed by atoms with Crippen LogP contribution in [0.2, 0.25) is 5.02 Å². The van der Waals surface area contributed by atoms with Crippen LogP contribution in [-0.4, -0.2) is 6.04 Å². The molecular formula is C14H19ClF3N. The summed E-state index contributed by atoms with van der Waals surface area (Å²) in [5.74, 6) is 0. The van der Waals surface area contributed by atoms with E-state index in [1.165, 1.54) is 6.07 Å². The van der Waals surface area contributed by atoms with Gasteiger partial charge in [-0.3, -0.25) is 0 Å². The van der Waals surface area contributed by atoms with Gasteiger partial charge < -0.3 is 5.32 Å². The summed E-state index contributed by atoms with van der Waals surface area (Å²) in [6.07, 6.45) is -0.430. The minimum Gasteiger partial charge on any atom is -0.382 e. The summed E-state index contributed by atoms with van der Waals surface area (Å²) in [7, 11) is 0. The number of halogens is 4. The van der Waals surface area contributed by atoms with Gasteiger partial charge in [-0.2, -0.15) is 13.2 Å².